The molecule has 1 aliphatic heterocycles. The van der Waals surface area contributed by atoms with Crippen LogP contribution in [0.4, 0.5) is 4.79 Å². The molecule has 3 rings (SSSR count). The number of ether oxygens (including phenoxy) is 3. The minimum atomic E-state index is -3.95. The second-order valence-corrected chi connectivity index (χ2v) is 11.0. The maximum atomic E-state index is 13.5. The van der Waals surface area contributed by atoms with Gasteiger partial charge in [0.25, 0.3) is 0 Å². The zero-order valence-corrected chi connectivity index (χ0v) is 22.6. The second-order valence-electron chi connectivity index (χ2n) is 9.10. The highest BCUT2D eigenvalue weighted by Crippen LogP contribution is 2.21. The number of nitrogens with one attached hydrogen (secondary N) is 1. The van der Waals surface area contributed by atoms with Crippen LogP contribution in [0.2, 0.25) is 0 Å². The summed E-state index contributed by atoms with van der Waals surface area (Å²) in [5.74, 6) is -0.0914. The zero-order valence-electron chi connectivity index (χ0n) is 21.7. The number of methoxy groups -OCH3 is 1. The number of benzene rings is 2. The van der Waals surface area contributed by atoms with Crippen LogP contribution in [-0.4, -0.2) is 74.9 Å². The largest absolute Gasteiger partial charge is 0.497 e. The third-order valence-corrected chi connectivity index (χ3v) is 8.18. The van der Waals surface area contributed by atoms with E-state index in [1.807, 2.05) is 37.3 Å². The van der Waals surface area contributed by atoms with Gasteiger partial charge in [0.2, 0.25) is 16.1 Å². The molecule has 2 aromatic carbocycles. The van der Waals surface area contributed by atoms with E-state index in [-0.39, 0.29) is 37.4 Å². The Bertz CT molecular complexity index is 1140. The predicted octanol–water partition coefficient (Wildman–Crippen LogP) is 2.89. The van der Waals surface area contributed by atoms with Crippen molar-refractivity contribution in [1.29, 1.82) is 0 Å². The summed E-state index contributed by atoms with van der Waals surface area (Å²) in [5, 5.41) is 13.9. The topological polar surface area (TPSA) is 131 Å². The van der Waals surface area contributed by atoms with Gasteiger partial charge < -0.3 is 24.6 Å². The molecule has 11 heteroatoms. The van der Waals surface area contributed by atoms with E-state index in [1.165, 1.54) is 23.5 Å². The monoisotopic (exact) mass is 548 g/mol. The van der Waals surface area contributed by atoms with Crippen molar-refractivity contribution in [2.24, 2.45) is 0 Å². The number of esters is 1. The average molecular weight is 549 g/mol. The van der Waals surface area contributed by atoms with E-state index in [1.54, 1.807) is 12.1 Å². The number of rotatable bonds is 14. The van der Waals surface area contributed by atoms with Crippen molar-refractivity contribution >= 4 is 22.1 Å². The minimum Gasteiger partial charge on any atom is -0.497 e. The molecule has 1 aliphatic rings. The summed E-state index contributed by atoms with van der Waals surface area (Å²) in [6, 6.07) is 14.4. The van der Waals surface area contributed by atoms with E-state index >= 15 is 0 Å². The highest BCUT2D eigenvalue weighted by molar-refractivity contribution is 7.89. The van der Waals surface area contributed by atoms with Gasteiger partial charge in [0.1, 0.15) is 5.75 Å². The first kappa shape index (κ1) is 29.4. The lowest BCUT2D eigenvalue weighted by atomic mass is 10.0. The van der Waals surface area contributed by atoms with Crippen molar-refractivity contribution in [3.63, 3.8) is 0 Å². The summed E-state index contributed by atoms with van der Waals surface area (Å²) < 4.78 is 43.5. The lowest BCUT2D eigenvalue weighted by Gasteiger charge is -2.30. The molecule has 0 aromatic heterocycles. The van der Waals surface area contributed by atoms with Crippen LogP contribution in [0.1, 0.15) is 38.2 Å². The molecule has 1 saturated heterocycles. The summed E-state index contributed by atoms with van der Waals surface area (Å²) in [4.78, 5) is 24.4. The van der Waals surface area contributed by atoms with Gasteiger partial charge in [-0.3, -0.25) is 0 Å². The average Bonchev–Trinajstić information content (AvgIpc) is 3.32. The second kappa shape index (κ2) is 14.1. The Morgan fingerprint density at radius 1 is 1.16 bits per heavy atom. The van der Waals surface area contributed by atoms with Crippen LogP contribution < -0.4 is 10.1 Å². The summed E-state index contributed by atoms with van der Waals surface area (Å²) >= 11 is 0. The van der Waals surface area contributed by atoms with Gasteiger partial charge >= 0.3 is 12.1 Å². The van der Waals surface area contributed by atoms with Crippen molar-refractivity contribution in [2.75, 3.05) is 26.8 Å². The number of aliphatic hydroxyl groups excluding tert-OH is 1. The van der Waals surface area contributed by atoms with Gasteiger partial charge in [0.15, 0.2) is 0 Å². The molecule has 1 heterocycles. The number of hydrogen-bond donors (Lipinski definition) is 2. The Labute approximate surface area is 223 Å². The predicted molar refractivity (Wildman–Crippen MR) is 140 cm³/mol. The van der Waals surface area contributed by atoms with Crippen LogP contribution in [0.15, 0.2) is 59.5 Å². The maximum absolute atomic E-state index is 13.5. The highest BCUT2D eigenvalue weighted by Gasteiger charge is 2.34. The number of carbonyl (C=O) groups is 2. The fourth-order valence-electron chi connectivity index (χ4n) is 4.13. The molecule has 0 aliphatic carbocycles. The maximum Gasteiger partial charge on any atom is 0.408 e. The van der Waals surface area contributed by atoms with Gasteiger partial charge in [0, 0.05) is 19.5 Å². The number of carbonyl (C=O) groups excluding carboxylic acids is 2. The summed E-state index contributed by atoms with van der Waals surface area (Å²) in [6.45, 7) is 2.14. The minimum absolute atomic E-state index is 0.0775. The van der Waals surface area contributed by atoms with Crippen LogP contribution in [0.25, 0.3) is 0 Å². The van der Waals surface area contributed by atoms with Crippen molar-refractivity contribution in [1.82, 2.24) is 9.62 Å². The van der Waals surface area contributed by atoms with E-state index < -0.39 is 40.3 Å². The van der Waals surface area contributed by atoms with Crippen molar-refractivity contribution in [3.05, 3.63) is 60.2 Å². The lowest BCUT2D eigenvalue weighted by molar-refractivity contribution is -0.144. The molecule has 2 N–H and O–H groups in total. The molecule has 0 saturated carbocycles. The molecule has 1 fully saturated rings. The molecular weight excluding hydrogens is 512 g/mol. The first-order valence-corrected chi connectivity index (χ1v) is 14.2. The molecule has 38 heavy (non-hydrogen) atoms. The number of nitrogens with zero attached hydrogens (tertiary/aromatic N) is 1. The van der Waals surface area contributed by atoms with E-state index in [9.17, 15) is 23.1 Å². The number of aliphatic hydroxyl groups is 1. The van der Waals surface area contributed by atoms with Gasteiger partial charge in [-0.15, -0.1) is 0 Å². The SMILES string of the molecule is CCCCCN(C[C@@H](O)[C@H](Cc1ccccc1)NC(=O)O[C@@H]1CCOC1=O)S(=O)(=O)c1ccc(OC)cc1. The summed E-state index contributed by atoms with van der Waals surface area (Å²) in [7, 11) is -2.45. The quantitative estimate of drug-likeness (QED) is 0.272. The van der Waals surface area contributed by atoms with Crippen LogP contribution in [0.3, 0.4) is 0 Å². The van der Waals surface area contributed by atoms with Crippen molar-refractivity contribution in [3.8, 4) is 5.75 Å². The van der Waals surface area contributed by atoms with E-state index in [2.05, 4.69) is 5.32 Å². The number of cyclic esters (lactones) is 1. The van der Waals surface area contributed by atoms with Gasteiger partial charge in [-0.1, -0.05) is 50.1 Å². The molecule has 0 bridgehead atoms. The van der Waals surface area contributed by atoms with Crippen LogP contribution in [0, 0.1) is 0 Å². The molecule has 0 spiro atoms. The molecule has 1 amide bonds. The Balaban J connectivity index is 1.80. The summed E-state index contributed by atoms with van der Waals surface area (Å²) in [5.41, 5.74) is 0.827. The fraction of sp³-hybridized carbons (Fsp3) is 0.481. The van der Waals surface area contributed by atoms with Crippen LogP contribution >= 0.6 is 0 Å². The molecule has 2 aromatic rings. The Morgan fingerprint density at radius 2 is 1.87 bits per heavy atom. The Kier molecular flexibility index (Phi) is 10.9. The molecule has 0 unspecified atom stereocenters. The van der Waals surface area contributed by atoms with Crippen molar-refractivity contribution < 1.29 is 37.3 Å². The lowest BCUT2D eigenvalue weighted by Crippen LogP contribution is -2.51. The van der Waals surface area contributed by atoms with Crippen LogP contribution in [-0.2, 0) is 30.7 Å². The zero-order chi connectivity index (χ0) is 27.5. The number of hydrogen-bond acceptors (Lipinski definition) is 8. The fourth-order valence-corrected chi connectivity index (χ4v) is 5.63. The third kappa shape index (κ3) is 8.17. The standard InChI is InChI=1S/C27H36N2O8S/c1-3-4-8-16-29(38(33,34)22-13-11-21(35-2)12-14-22)19-24(30)23(18-20-9-6-5-7-10-20)28-27(32)37-25-15-17-36-26(25)31/h5-7,9-14,23-25,30H,3-4,8,15-19H2,1-2H3,(H,28,32)/t23-,24+,25+/m0/s1. The number of amides is 1. The first-order chi connectivity index (χ1) is 18.2. The third-order valence-electron chi connectivity index (χ3n) is 6.30. The van der Waals surface area contributed by atoms with Crippen LogP contribution in [0.5, 0.6) is 5.75 Å². The molecule has 10 nitrogen and oxygen atoms in total. The molecular formula is C27H36N2O8S. The highest BCUT2D eigenvalue weighted by atomic mass is 32.2. The van der Waals surface area contributed by atoms with Gasteiger partial charge in [-0.25, -0.2) is 18.0 Å². The van der Waals surface area contributed by atoms with E-state index in [0.717, 1.165) is 18.4 Å². The molecule has 3 atom stereocenters. The number of alkyl carbamates (subject to hydrolysis) is 1. The number of sulfonamides is 1. The number of unbranched alkanes of at least 4 members (excludes halogenated alkanes) is 2. The van der Waals surface area contributed by atoms with Gasteiger partial charge in [0.05, 0.1) is 30.8 Å². The molecule has 0 radical (unpaired) electrons. The first-order valence-electron chi connectivity index (χ1n) is 12.7. The van der Waals surface area contributed by atoms with Gasteiger partial charge in [-0.2, -0.15) is 4.31 Å². The Hall–Kier alpha value is -3.15. The normalized spacial score (nSPS) is 17.1. The van der Waals surface area contributed by atoms with Crippen molar-refractivity contribution in [2.45, 2.75) is 62.2 Å². The Morgan fingerprint density at radius 3 is 2.47 bits per heavy atom. The smallest absolute Gasteiger partial charge is 0.408 e. The molecule has 208 valence electrons. The van der Waals surface area contributed by atoms with Gasteiger partial charge in [-0.05, 0) is 42.7 Å². The summed E-state index contributed by atoms with van der Waals surface area (Å²) in [6.07, 6.45) is -0.363. The van der Waals surface area contributed by atoms with E-state index in [0.29, 0.717) is 12.2 Å². The van der Waals surface area contributed by atoms with E-state index in [4.69, 9.17) is 14.2 Å².